The van der Waals surface area contributed by atoms with Crippen molar-refractivity contribution in [3.8, 4) is 5.75 Å². The number of ether oxygens (including phenoxy) is 1. The third kappa shape index (κ3) is 2.74. The zero-order chi connectivity index (χ0) is 13.8. The summed E-state index contributed by atoms with van der Waals surface area (Å²) in [5.41, 5.74) is 0.640. The predicted molar refractivity (Wildman–Crippen MR) is 72.2 cm³/mol. The van der Waals surface area contributed by atoms with E-state index in [4.69, 9.17) is 9.84 Å². The quantitative estimate of drug-likeness (QED) is 0.901. The van der Waals surface area contributed by atoms with Gasteiger partial charge in [0.05, 0.1) is 18.4 Å². The molecule has 2 rings (SSSR count). The molecule has 0 radical (unpaired) electrons. The van der Waals surface area contributed by atoms with Crippen LogP contribution in [0.4, 0.5) is 5.69 Å². The molecule has 1 heterocycles. The lowest BCUT2D eigenvalue weighted by Gasteiger charge is -2.08. The van der Waals surface area contributed by atoms with Gasteiger partial charge < -0.3 is 15.2 Å². The second-order valence-corrected chi connectivity index (χ2v) is 4.54. The van der Waals surface area contributed by atoms with Crippen LogP contribution in [-0.4, -0.2) is 24.1 Å². The Hall–Kier alpha value is -2.34. The Morgan fingerprint density at radius 1 is 1.26 bits per heavy atom. The maximum Gasteiger partial charge on any atom is 0.348 e. The van der Waals surface area contributed by atoms with Gasteiger partial charge in [0, 0.05) is 0 Å². The van der Waals surface area contributed by atoms with Crippen LogP contribution in [0.25, 0.3) is 0 Å². The van der Waals surface area contributed by atoms with Gasteiger partial charge in [0.25, 0.3) is 5.91 Å². The van der Waals surface area contributed by atoms with Crippen molar-refractivity contribution in [3.05, 3.63) is 46.2 Å². The third-order valence-corrected chi connectivity index (χ3v) is 3.36. The molecule has 6 heteroatoms. The van der Waals surface area contributed by atoms with Crippen LogP contribution >= 0.6 is 11.3 Å². The van der Waals surface area contributed by atoms with Gasteiger partial charge in [-0.25, -0.2) is 4.79 Å². The molecule has 0 aliphatic rings. The number of thiophene rings is 1. The van der Waals surface area contributed by atoms with Crippen molar-refractivity contribution in [2.75, 3.05) is 12.4 Å². The Labute approximate surface area is 113 Å². The van der Waals surface area contributed by atoms with E-state index in [0.29, 0.717) is 11.3 Å². The van der Waals surface area contributed by atoms with Gasteiger partial charge in [-0.15, -0.1) is 11.3 Å². The van der Waals surface area contributed by atoms with Crippen molar-refractivity contribution in [1.29, 1.82) is 0 Å². The fraction of sp³-hybridized carbons (Fsp3) is 0.0769. The summed E-state index contributed by atoms with van der Waals surface area (Å²) < 4.78 is 5.09. The van der Waals surface area contributed by atoms with Crippen molar-refractivity contribution in [1.82, 2.24) is 0 Å². The Morgan fingerprint density at radius 3 is 2.68 bits per heavy atom. The number of para-hydroxylation sites is 1. The average molecular weight is 277 g/mol. The second kappa shape index (κ2) is 5.53. The number of hydrogen-bond donors (Lipinski definition) is 2. The number of anilines is 1. The molecule has 2 N–H and O–H groups in total. The van der Waals surface area contributed by atoms with E-state index in [2.05, 4.69) is 5.32 Å². The predicted octanol–water partition coefficient (Wildman–Crippen LogP) is 2.71. The van der Waals surface area contributed by atoms with Crippen molar-refractivity contribution in [3.63, 3.8) is 0 Å². The van der Waals surface area contributed by atoms with E-state index in [-0.39, 0.29) is 10.6 Å². The van der Waals surface area contributed by atoms with E-state index in [1.54, 1.807) is 35.7 Å². The van der Waals surface area contributed by atoms with Crippen LogP contribution < -0.4 is 10.1 Å². The maximum absolute atomic E-state index is 12.1. The highest BCUT2D eigenvalue weighted by molar-refractivity contribution is 7.12. The first-order valence-corrected chi connectivity index (χ1v) is 6.26. The number of amides is 1. The van der Waals surface area contributed by atoms with Crippen molar-refractivity contribution in [2.24, 2.45) is 0 Å². The molecular formula is C13H11NO4S. The van der Waals surface area contributed by atoms with Crippen LogP contribution in [0.2, 0.25) is 0 Å². The number of hydrogen-bond acceptors (Lipinski definition) is 4. The van der Waals surface area contributed by atoms with E-state index in [1.807, 2.05) is 0 Å². The molecule has 0 spiro atoms. The summed E-state index contributed by atoms with van der Waals surface area (Å²) in [5, 5.41) is 13.2. The highest BCUT2D eigenvalue weighted by atomic mass is 32.1. The highest BCUT2D eigenvalue weighted by Crippen LogP contribution is 2.24. The monoisotopic (exact) mass is 277 g/mol. The van der Waals surface area contributed by atoms with Gasteiger partial charge >= 0.3 is 5.97 Å². The topological polar surface area (TPSA) is 75.6 Å². The fourth-order valence-electron chi connectivity index (χ4n) is 1.60. The van der Waals surface area contributed by atoms with Gasteiger partial charge in [0.2, 0.25) is 0 Å². The zero-order valence-electron chi connectivity index (χ0n) is 10.0. The smallest absolute Gasteiger partial charge is 0.348 e. The number of rotatable bonds is 4. The summed E-state index contributed by atoms with van der Waals surface area (Å²) >= 11 is 1.06. The largest absolute Gasteiger partial charge is 0.496 e. The number of carbonyl (C=O) groups excluding carboxylic acids is 1. The molecular weight excluding hydrogens is 266 g/mol. The summed E-state index contributed by atoms with van der Waals surface area (Å²) in [6.07, 6.45) is 0. The Balaban J connectivity index is 2.26. The zero-order valence-corrected chi connectivity index (χ0v) is 10.9. The molecule has 5 nitrogen and oxygen atoms in total. The molecule has 0 bridgehead atoms. The summed E-state index contributed by atoms with van der Waals surface area (Å²) in [6, 6.07) is 8.30. The maximum atomic E-state index is 12.1. The molecule has 0 saturated carbocycles. The molecule has 0 unspecified atom stereocenters. The minimum Gasteiger partial charge on any atom is -0.496 e. The lowest BCUT2D eigenvalue weighted by Crippen LogP contribution is -2.14. The number of aromatic carboxylic acids is 1. The van der Waals surface area contributed by atoms with Gasteiger partial charge in [-0.3, -0.25) is 4.79 Å². The van der Waals surface area contributed by atoms with Crippen LogP contribution in [0.5, 0.6) is 5.75 Å². The van der Waals surface area contributed by atoms with E-state index in [0.717, 1.165) is 11.3 Å². The van der Waals surface area contributed by atoms with Gasteiger partial charge in [-0.1, -0.05) is 12.1 Å². The first kappa shape index (κ1) is 13.1. The Bertz CT molecular complexity index is 621. The van der Waals surface area contributed by atoms with Crippen LogP contribution in [0.15, 0.2) is 35.7 Å². The summed E-state index contributed by atoms with van der Waals surface area (Å²) in [6.45, 7) is 0. The van der Waals surface area contributed by atoms with Crippen LogP contribution in [-0.2, 0) is 0 Å². The lowest BCUT2D eigenvalue weighted by molar-refractivity contribution is 0.0703. The summed E-state index contributed by atoms with van der Waals surface area (Å²) in [7, 11) is 1.47. The van der Waals surface area contributed by atoms with Crippen molar-refractivity contribution < 1.29 is 19.4 Å². The summed E-state index contributed by atoms with van der Waals surface area (Å²) in [4.78, 5) is 23.1. The normalized spacial score (nSPS) is 9.95. The van der Waals surface area contributed by atoms with Gasteiger partial charge in [-0.2, -0.15) is 0 Å². The van der Waals surface area contributed by atoms with Crippen LogP contribution in [0.3, 0.4) is 0 Å². The SMILES string of the molecule is COc1ccccc1C(=O)Nc1ccsc1C(=O)O. The fourth-order valence-corrected chi connectivity index (χ4v) is 2.28. The van der Waals surface area contributed by atoms with E-state index < -0.39 is 11.9 Å². The Kier molecular flexibility index (Phi) is 3.82. The molecule has 98 valence electrons. The number of benzene rings is 1. The van der Waals surface area contributed by atoms with Gasteiger partial charge in [0.15, 0.2) is 0 Å². The first-order chi connectivity index (χ1) is 9.13. The average Bonchev–Trinajstić information content (AvgIpc) is 2.87. The molecule has 0 saturated heterocycles. The minimum absolute atomic E-state index is 0.100. The minimum atomic E-state index is -1.06. The number of carboxylic acids is 1. The van der Waals surface area contributed by atoms with Gasteiger partial charge in [-0.05, 0) is 23.6 Å². The molecule has 2 aromatic rings. The molecule has 1 aromatic carbocycles. The summed E-state index contributed by atoms with van der Waals surface area (Å²) in [5.74, 6) is -1.03. The van der Waals surface area contributed by atoms with E-state index in [9.17, 15) is 9.59 Å². The number of carboxylic acid groups (broad SMARTS) is 1. The standard InChI is InChI=1S/C13H11NO4S/c1-18-10-5-3-2-4-8(10)12(15)14-9-6-7-19-11(9)13(16)17/h2-7H,1H3,(H,14,15)(H,16,17). The molecule has 0 aliphatic heterocycles. The van der Waals surface area contributed by atoms with Gasteiger partial charge in [0.1, 0.15) is 10.6 Å². The number of carbonyl (C=O) groups is 2. The molecule has 1 amide bonds. The Morgan fingerprint density at radius 2 is 2.00 bits per heavy atom. The van der Waals surface area contributed by atoms with Crippen molar-refractivity contribution in [2.45, 2.75) is 0 Å². The second-order valence-electron chi connectivity index (χ2n) is 3.62. The molecule has 1 aromatic heterocycles. The third-order valence-electron chi connectivity index (χ3n) is 2.46. The molecule has 0 atom stereocenters. The van der Waals surface area contributed by atoms with Crippen molar-refractivity contribution >= 4 is 28.9 Å². The lowest BCUT2D eigenvalue weighted by atomic mass is 10.2. The molecule has 0 aliphatic carbocycles. The molecule has 0 fully saturated rings. The number of nitrogens with one attached hydrogen (secondary N) is 1. The number of methoxy groups -OCH3 is 1. The van der Waals surface area contributed by atoms with E-state index >= 15 is 0 Å². The highest BCUT2D eigenvalue weighted by Gasteiger charge is 2.16. The van der Waals surface area contributed by atoms with E-state index in [1.165, 1.54) is 7.11 Å². The first-order valence-electron chi connectivity index (χ1n) is 5.38. The molecule has 19 heavy (non-hydrogen) atoms. The van der Waals surface area contributed by atoms with Crippen LogP contribution in [0.1, 0.15) is 20.0 Å². The van der Waals surface area contributed by atoms with Crippen LogP contribution in [0, 0.1) is 0 Å².